The Morgan fingerprint density at radius 3 is 2.57 bits per heavy atom. The van der Waals surface area contributed by atoms with E-state index in [0.717, 1.165) is 27.4 Å². The number of aromatic nitrogens is 1. The first kappa shape index (κ1) is 12.1. The van der Waals surface area contributed by atoms with E-state index in [1.807, 2.05) is 37.4 Å². The van der Waals surface area contributed by atoms with Crippen LogP contribution in [0.1, 0.15) is 15.9 Å². The molecule has 0 N–H and O–H groups in total. The number of pyridine rings is 1. The zero-order valence-corrected chi connectivity index (χ0v) is 12.1. The fourth-order valence-corrected chi connectivity index (χ4v) is 3.34. The van der Waals surface area contributed by atoms with Crippen molar-refractivity contribution in [2.45, 2.75) is 6.92 Å². The first-order valence-electron chi connectivity index (χ1n) is 6.84. The van der Waals surface area contributed by atoms with E-state index in [9.17, 15) is 9.59 Å². The Balaban J connectivity index is 2.40. The average molecular weight is 278 g/mol. The smallest absolute Gasteiger partial charge is 0.259 e. The Hall–Kier alpha value is -2.62. The SMILES string of the molecule is Cc1cn(C)c(=O)c2c3c4c(cccc4cc12)N(C)C3=O. The number of anilines is 1. The molecule has 4 rings (SSSR count). The van der Waals surface area contributed by atoms with Crippen molar-refractivity contribution in [1.29, 1.82) is 0 Å². The number of nitrogens with zero attached hydrogens (tertiary/aromatic N) is 2. The molecule has 21 heavy (non-hydrogen) atoms. The second kappa shape index (κ2) is 3.73. The molecule has 2 aromatic carbocycles. The summed E-state index contributed by atoms with van der Waals surface area (Å²) in [6.45, 7) is 1.97. The Kier molecular flexibility index (Phi) is 2.15. The highest BCUT2D eigenvalue weighted by atomic mass is 16.2. The van der Waals surface area contributed by atoms with E-state index in [1.165, 1.54) is 0 Å². The number of carbonyl (C=O) groups is 1. The van der Waals surface area contributed by atoms with Gasteiger partial charge in [-0.05, 0) is 35.4 Å². The Labute approximate surface area is 121 Å². The van der Waals surface area contributed by atoms with Gasteiger partial charge < -0.3 is 9.47 Å². The minimum Gasteiger partial charge on any atom is -0.318 e. The van der Waals surface area contributed by atoms with Crippen LogP contribution in [-0.2, 0) is 7.05 Å². The number of hydrogen-bond donors (Lipinski definition) is 0. The molecule has 1 aromatic heterocycles. The summed E-state index contributed by atoms with van der Waals surface area (Å²) in [5.74, 6) is -0.102. The van der Waals surface area contributed by atoms with Crippen LogP contribution in [0.15, 0.2) is 35.3 Å². The minimum absolute atomic E-state index is 0.102. The summed E-state index contributed by atoms with van der Waals surface area (Å²) in [6, 6.07) is 7.87. The number of carbonyl (C=O) groups excluding carboxylic acids is 1. The summed E-state index contributed by atoms with van der Waals surface area (Å²) < 4.78 is 1.55. The van der Waals surface area contributed by atoms with Gasteiger partial charge in [0.25, 0.3) is 11.5 Å². The highest BCUT2D eigenvalue weighted by molar-refractivity contribution is 6.31. The monoisotopic (exact) mass is 278 g/mol. The third-order valence-corrected chi connectivity index (χ3v) is 4.37. The molecule has 0 radical (unpaired) electrons. The van der Waals surface area contributed by atoms with Crippen molar-refractivity contribution in [3.05, 3.63) is 51.9 Å². The molecule has 1 aliphatic rings. The van der Waals surface area contributed by atoms with Gasteiger partial charge in [0.2, 0.25) is 0 Å². The normalized spacial score (nSPS) is 13.7. The molecule has 0 unspecified atom stereocenters. The maximum Gasteiger partial charge on any atom is 0.259 e. The number of aryl methyl sites for hydroxylation is 2. The van der Waals surface area contributed by atoms with Crippen molar-refractivity contribution in [3.8, 4) is 0 Å². The van der Waals surface area contributed by atoms with Crippen LogP contribution < -0.4 is 10.5 Å². The summed E-state index contributed by atoms with van der Waals surface area (Å²) in [6.07, 6.45) is 1.82. The molecule has 4 heteroatoms. The van der Waals surface area contributed by atoms with Crippen molar-refractivity contribution in [3.63, 3.8) is 0 Å². The lowest BCUT2D eigenvalue weighted by Crippen LogP contribution is -2.24. The van der Waals surface area contributed by atoms with Crippen molar-refractivity contribution in [2.24, 2.45) is 7.05 Å². The van der Waals surface area contributed by atoms with E-state index in [2.05, 4.69) is 0 Å². The molecule has 0 aliphatic carbocycles. The average Bonchev–Trinajstić information content (AvgIpc) is 2.72. The molecule has 1 aliphatic heterocycles. The van der Waals surface area contributed by atoms with E-state index in [-0.39, 0.29) is 11.5 Å². The molecular weight excluding hydrogens is 264 g/mol. The van der Waals surface area contributed by atoms with E-state index in [0.29, 0.717) is 10.9 Å². The number of amides is 1. The maximum absolute atomic E-state index is 12.6. The topological polar surface area (TPSA) is 42.3 Å². The molecule has 3 aromatic rings. The first-order valence-corrected chi connectivity index (χ1v) is 6.84. The van der Waals surface area contributed by atoms with Gasteiger partial charge in [-0.25, -0.2) is 0 Å². The summed E-state index contributed by atoms with van der Waals surface area (Å²) in [5, 5.41) is 3.29. The number of benzene rings is 2. The van der Waals surface area contributed by atoms with Gasteiger partial charge in [-0.2, -0.15) is 0 Å². The summed E-state index contributed by atoms with van der Waals surface area (Å²) in [4.78, 5) is 26.8. The fourth-order valence-electron chi connectivity index (χ4n) is 3.34. The van der Waals surface area contributed by atoms with E-state index >= 15 is 0 Å². The van der Waals surface area contributed by atoms with Gasteiger partial charge in [-0.3, -0.25) is 9.59 Å². The van der Waals surface area contributed by atoms with Crippen LogP contribution in [0.25, 0.3) is 21.5 Å². The lowest BCUT2D eigenvalue weighted by atomic mass is 9.96. The van der Waals surface area contributed by atoms with Gasteiger partial charge in [0, 0.05) is 25.7 Å². The Morgan fingerprint density at radius 1 is 1.05 bits per heavy atom. The molecule has 104 valence electrons. The first-order chi connectivity index (χ1) is 10.0. The molecule has 0 saturated carbocycles. The Bertz CT molecular complexity index is 1010. The van der Waals surface area contributed by atoms with E-state index < -0.39 is 0 Å². The maximum atomic E-state index is 12.6. The molecule has 2 heterocycles. The van der Waals surface area contributed by atoms with Crippen molar-refractivity contribution in [2.75, 3.05) is 11.9 Å². The zero-order valence-electron chi connectivity index (χ0n) is 12.1. The number of fused-ring (bicyclic) bond motifs is 2. The molecule has 0 spiro atoms. The summed E-state index contributed by atoms with van der Waals surface area (Å²) >= 11 is 0. The van der Waals surface area contributed by atoms with E-state index in [4.69, 9.17) is 0 Å². The quantitative estimate of drug-likeness (QED) is 0.593. The predicted octanol–water partition coefficient (Wildman–Crippen LogP) is 2.59. The molecule has 0 atom stereocenters. The molecule has 0 bridgehead atoms. The second-order valence-corrected chi connectivity index (χ2v) is 5.64. The largest absolute Gasteiger partial charge is 0.318 e. The van der Waals surface area contributed by atoms with Crippen molar-refractivity contribution >= 4 is 33.1 Å². The summed E-state index contributed by atoms with van der Waals surface area (Å²) in [5.41, 5.74) is 2.30. The predicted molar refractivity (Wildman–Crippen MR) is 84.2 cm³/mol. The van der Waals surface area contributed by atoms with Crippen LogP contribution in [-0.4, -0.2) is 17.5 Å². The molecule has 4 nitrogen and oxygen atoms in total. The summed E-state index contributed by atoms with van der Waals surface area (Å²) in [7, 11) is 3.48. The van der Waals surface area contributed by atoms with Crippen LogP contribution in [0.3, 0.4) is 0 Å². The van der Waals surface area contributed by atoms with Gasteiger partial charge in [-0.1, -0.05) is 12.1 Å². The van der Waals surface area contributed by atoms with Crippen molar-refractivity contribution in [1.82, 2.24) is 4.57 Å². The third kappa shape index (κ3) is 1.34. The minimum atomic E-state index is -0.119. The lowest BCUT2D eigenvalue weighted by Gasteiger charge is -2.09. The fraction of sp³-hybridized carbons (Fsp3) is 0.176. The van der Waals surface area contributed by atoms with Crippen LogP contribution in [0, 0.1) is 6.92 Å². The molecule has 0 fully saturated rings. The second-order valence-electron chi connectivity index (χ2n) is 5.64. The van der Waals surface area contributed by atoms with Crippen LogP contribution in [0.5, 0.6) is 0 Å². The standard InChI is InChI=1S/C17H14N2O2/c1-9-8-18(2)16(20)14-11(9)7-10-5-4-6-12-13(10)15(14)17(21)19(12)3/h4-8H,1-3H3. The highest BCUT2D eigenvalue weighted by Gasteiger charge is 2.30. The molecule has 1 amide bonds. The van der Waals surface area contributed by atoms with Gasteiger partial charge in [0.1, 0.15) is 0 Å². The molecule has 0 saturated heterocycles. The number of rotatable bonds is 0. The van der Waals surface area contributed by atoms with Crippen LogP contribution in [0.4, 0.5) is 5.69 Å². The Morgan fingerprint density at radius 2 is 1.81 bits per heavy atom. The van der Waals surface area contributed by atoms with E-state index in [1.54, 1.807) is 23.6 Å². The molecular formula is C17H14N2O2. The van der Waals surface area contributed by atoms with Gasteiger partial charge in [0.05, 0.1) is 16.6 Å². The van der Waals surface area contributed by atoms with Crippen LogP contribution in [0.2, 0.25) is 0 Å². The number of hydrogen-bond acceptors (Lipinski definition) is 2. The van der Waals surface area contributed by atoms with Crippen LogP contribution >= 0.6 is 0 Å². The lowest BCUT2D eigenvalue weighted by molar-refractivity contribution is 0.100. The zero-order chi connectivity index (χ0) is 14.9. The highest BCUT2D eigenvalue weighted by Crippen LogP contribution is 2.40. The van der Waals surface area contributed by atoms with Gasteiger partial charge >= 0.3 is 0 Å². The van der Waals surface area contributed by atoms with Gasteiger partial charge in [-0.15, -0.1) is 0 Å². The third-order valence-electron chi connectivity index (χ3n) is 4.37. The van der Waals surface area contributed by atoms with Crippen molar-refractivity contribution < 1.29 is 4.79 Å². The van der Waals surface area contributed by atoms with Gasteiger partial charge in [0.15, 0.2) is 0 Å².